The van der Waals surface area contributed by atoms with Crippen molar-refractivity contribution in [3.63, 3.8) is 0 Å². The van der Waals surface area contributed by atoms with E-state index in [9.17, 15) is 13.2 Å². The van der Waals surface area contributed by atoms with Gasteiger partial charge >= 0.3 is 0 Å². The first kappa shape index (κ1) is 10.4. The van der Waals surface area contributed by atoms with E-state index in [1.54, 1.807) is 6.92 Å². The molecule has 1 unspecified atom stereocenters. The highest BCUT2D eigenvalue weighted by molar-refractivity contribution is 7.92. The fourth-order valence-electron chi connectivity index (χ4n) is 0.755. The Morgan fingerprint density at radius 1 is 1.64 bits per heavy atom. The molecule has 0 saturated carbocycles. The molecule has 0 heterocycles. The molecular weight excluding hydrogens is 170 g/mol. The summed E-state index contributed by atoms with van der Waals surface area (Å²) in [7, 11) is -3.40. The molecule has 0 aliphatic rings. The molecule has 5 nitrogen and oxygen atoms in total. The van der Waals surface area contributed by atoms with E-state index in [-0.39, 0.29) is 6.42 Å². The summed E-state index contributed by atoms with van der Waals surface area (Å²) in [6.45, 7) is 1.56. The van der Waals surface area contributed by atoms with Crippen LogP contribution in [-0.2, 0) is 14.6 Å². The second-order valence-electron chi connectivity index (χ2n) is 2.20. The zero-order chi connectivity index (χ0) is 9.07. The quantitative estimate of drug-likeness (QED) is 0.446. The predicted molar refractivity (Wildman–Crippen MR) is 38.9 cm³/mol. The summed E-state index contributed by atoms with van der Waals surface area (Å²) >= 11 is 0. The molecule has 1 atom stereocenters. The monoisotopic (exact) mass is 181 g/mol. The van der Waals surface area contributed by atoms with Crippen molar-refractivity contribution in [1.82, 2.24) is 5.48 Å². The van der Waals surface area contributed by atoms with Crippen molar-refractivity contribution < 1.29 is 18.4 Å². The van der Waals surface area contributed by atoms with Crippen LogP contribution in [0.25, 0.3) is 0 Å². The fraction of sp³-hybridized carbons (Fsp3) is 0.800. The van der Waals surface area contributed by atoms with Gasteiger partial charge in [-0.15, -0.1) is 0 Å². The predicted octanol–water partition coefficient (Wildman–Crippen LogP) is -0.685. The maximum Gasteiger partial charge on any atom is 0.261 e. The highest BCUT2D eigenvalue weighted by atomic mass is 32.2. The van der Waals surface area contributed by atoms with Crippen LogP contribution in [0.3, 0.4) is 0 Å². The normalized spacial score (nSPS) is 14.1. The molecule has 0 radical (unpaired) electrons. The van der Waals surface area contributed by atoms with E-state index in [2.05, 4.69) is 0 Å². The number of hydrogen-bond acceptors (Lipinski definition) is 4. The molecule has 0 aliphatic carbocycles. The Kier molecular flexibility index (Phi) is 3.47. The first-order valence-electron chi connectivity index (χ1n) is 3.06. The maximum atomic E-state index is 10.8. The average Bonchev–Trinajstić information content (AvgIpc) is 1.86. The molecule has 6 heteroatoms. The summed E-state index contributed by atoms with van der Waals surface area (Å²) in [5.74, 6) is -0.880. The number of hydrogen-bond donors (Lipinski definition) is 2. The van der Waals surface area contributed by atoms with Crippen LogP contribution in [0.2, 0.25) is 0 Å². The van der Waals surface area contributed by atoms with Gasteiger partial charge in [0, 0.05) is 6.26 Å². The minimum absolute atomic E-state index is 0.158. The Morgan fingerprint density at radius 2 is 2.09 bits per heavy atom. The lowest BCUT2D eigenvalue weighted by Crippen LogP contribution is -2.37. The average molecular weight is 181 g/mol. The molecule has 66 valence electrons. The Morgan fingerprint density at radius 3 is 2.18 bits per heavy atom. The van der Waals surface area contributed by atoms with E-state index in [0.717, 1.165) is 6.26 Å². The molecular formula is C5H11NO4S. The number of amides is 1. The van der Waals surface area contributed by atoms with Gasteiger partial charge < -0.3 is 0 Å². The van der Waals surface area contributed by atoms with Crippen molar-refractivity contribution in [2.45, 2.75) is 18.6 Å². The molecule has 0 spiro atoms. The van der Waals surface area contributed by atoms with E-state index >= 15 is 0 Å². The van der Waals surface area contributed by atoms with E-state index in [4.69, 9.17) is 5.21 Å². The summed E-state index contributed by atoms with van der Waals surface area (Å²) in [5.41, 5.74) is 1.30. The van der Waals surface area contributed by atoms with Gasteiger partial charge in [-0.05, 0) is 6.42 Å². The largest absolute Gasteiger partial charge is 0.289 e. The number of rotatable bonds is 3. The lowest BCUT2D eigenvalue weighted by Gasteiger charge is -2.08. The molecule has 0 aromatic rings. The summed E-state index contributed by atoms with van der Waals surface area (Å²) in [6, 6.07) is 0. The van der Waals surface area contributed by atoms with Gasteiger partial charge in [0.25, 0.3) is 5.91 Å². The zero-order valence-electron chi connectivity index (χ0n) is 6.36. The number of nitrogens with one attached hydrogen (secondary N) is 1. The summed E-state index contributed by atoms with van der Waals surface area (Å²) < 4.78 is 21.6. The van der Waals surface area contributed by atoms with Crippen molar-refractivity contribution >= 4 is 15.7 Å². The third-order valence-corrected chi connectivity index (χ3v) is 2.87. The van der Waals surface area contributed by atoms with Crippen LogP contribution in [0.5, 0.6) is 0 Å². The third-order valence-electron chi connectivity index (χ3n) is 1.29. The van der Waals surface area contributed by atoms with E-state index < -0.39 is 21.0 Å². The molecule has 0 aromatic carbocycles. The minimum atomic E-state index is -3.40. The highest BCUT2D eigenvalue weighted by Gasteiger charge is 2.26. The molecule has 0 bridgehead atoms. The van der Waals surface area contributed by atoms with Gasteiger partial charge in [0.2, 0.25) is 0 Å². The van der Waals surface area contributed by atoms with Gasteiger partial charge in [0.15, 0.2) is 9.84 Å². The van der Waals surface area contributed by atoms with Crippen molar-refractivity contribution in [2.24, 2.45) is 0 Å². The molecule has 1 amide bonds. The Balaban J connectivity index is 4.56. The van der Waals surface area contributed by atoms with Gasteiger partial charge in [-0.25, -0.2) is 13.9 Å². The smallest absolute Gasteiger partial charge is 0.261 e. The van der Waals surface area contributed by atoms with E-state index in [1.165, 1.54) is 5.48 Å². The standard InChI is InChI=1S/C5H11NO4S/c1-3-4(5(7)6-8)11(2,9)10/h4,8H,3H2,1-2H3,(H,6,7). The zero-order valence-corrected chi connectivity index (χ0v) is 7.18. The first-order valence-corrected chi connectivity index (χ1v) is 5.01. The Labute approximate surface area is 65.3 Å². The molecule has 2 N–H and O–H groups in total. The number of carbonyl (C=O) groups is 1. The lowest BCUT2D eigenvalue weighted by atomic mass is 10.3. The van der Waals surface area contributed by atoms with Crippen LogP contribution in [0.1, 0.15) is 13.3 Å². The lowest BCUT2D eigenvalue weighted by molar-refractivity contribution is -0.128. The van der Waals surface area contributed by atoms with E-state index in [1.807, 2.05) is 0 Å². The first-order chi connectivity index (χ1) is 4.93. The van der Waals surface area contributed by atoms with Crippen molar-refractivity contribution in [3.8, 4) is 0 Å². The molecule has 0 fully saturated rings. The van der Waals surface area contributed by atoms with Crippen LogP contribution in [0.15, 0.2) is 0 Å². The van der Waals surface area contributed by atoms with Crippen LogP contribution < -0.4 is 5.48 Å². The van der Waals surface area contributed by atoms with Crippen LogP contribution in [-0.4, -0.2) is 31.0 Å². The van der Waals surface area contributed by atoms with Crippen LogP contribution >= 0.6 is 0 Å². The maximum absolute atomic E-state index is 10.8. The number of hydroxylamine groups is 1. The van der Waals surface area contributed by atoms with Gasteiger partial charge in [-0.2, -0.15) is 0 Å². The fourth-order valence-corrected chi connectivity index (χ4v) is 1.80. The third kappa shape index (κ3) is 2.85. The van der Waals surface area contributed by atoms with Gasteiger partial charge in [-0.1, -0.05) is 6.92 Å². The molecule has 11 heavy (non-hydrogen) atoms. The van der Waals surface area contributed by atoms with Crippen LogP contribution in [0, 0.1) is 0 Å². The topological polar surface area (TPSA) is 83.5 Å². The second kappa shape index (κ2) is 3.68. The number of sulfone groups is 1. The van der Waals surface area contributed by atoms with Crippen molar-refractivity contribution in [2.75, 3.05) is 6.26 Å². The number of carbonyl (C=O) groups excluding carboxylic acids is 1. The highest BCUT2D eigenvalue weighted by Crippen LogP contribution is 2.03. The molecule has 0 rings (SSSR count). The second-order valence-corrected chi connectivity index (χ2v) is 4.43. The summed E-state index contributed by atoms with van der Waals surface area (Å²) in [6.07, 6.45) is 1.11. The SMILES string of the molecule is CCC(C(=O)NO)S(C)(=O)=O. The summed E-state index contributed by atoms with van der Waals surface area (Å²) in [5, 5.41) is 6.99. The molecule has 0 aromatic heterocycles. The molecule has 0 saturated heterocycles. The van der Waals surface area contributed by atoms with Crippen molar-refractivity contribution in [3.05, 3.63) is 0 Å². The minimum Gasteiger partial charge on any atom is -0.289 e. The van der Waals surface area contributed by atoms with E-state index in [0.29, 0.717) is 0 Å². The Hall–Kier alpha value is -0.620. The Bertz CT molecular complexity index is 233. The van der Waals surface area contributed by atoms with Crippen molar-refractivity contribution in [1.29, 1.82) is 0 Å². The van der Waals surface area contributed by atoms with Gasteiger partial charge in [0.05, 0.1) is 0 Å². The van der Waals surface area contributed by atoms with Gasteiger partial charge in [-0.3, -0.25) is 10.0 Å². The van der Waals surface area contributed by atoms with Gasteiger partial charge in [0.1, 0.15) is 5.25 Å². The molecule has 0 aliphatic heterocycles. The van der Waals surface area contributed by atoms with Crippen LogP contribution in [0.4, 0.5) is 0 Å². The summed E-state index contributed by atoms with van der Waals surface area (Å²) in [4.78, 5) is 10.6.